The summed E-state index contributed by atoms with van der Waals surface area (Å²) >= 11 is 0. The molecule has 0 unspecified atom stereocenters. The highest BCUT2D eigenvalue weighted by molar-refractivity contribution is 7.92. The summed E-state index contributed by atoms with van der Waals surface area (Å²) in [4.78, 5) is 12.2. The number of aromatic nitrogens is 4. The SMILES string of the molecule is CN(c1ccc2c(c1)nc(C(C)(C)C)n2CC1CCOCC1)S(=O)(=O)CCN1CCCC1.CNc1ccc2c(c1)nc(C(C)(C)C)n2CC1CCOCC1. The third kappa shape index (κ3) is 9.60. The molecular formula is C42H65N7O4S. The van der Waals surface area contributed by atoms with E-state index < -0.39 is 10.0 Å². The molecule has 12 heteroatoms. The zero-order chi connectivity index (χ0) is 38.7. The zero-order valence-corrected chi connectivity index (χ0v) is 35.0. The predicted molar refractivity (Wildman–Crippen MR) is 221 cm³/mol. The number of nitrogens with zero attached hydrogens (tertiary/aromatic N) is 6. The Labute approximate surface area is 323 Å². The highest BCUT2D eigenvalue weighted by atomic mass is 32.2. The van der Waals surface area contributed by atoms with Crippen LogP contribution in [0.1, 0.15) is 91.7 Å². The van der Waals surface area contributed by atoms with Gasteiger partial charge in [-0.1, -0.05) is 41.5 Å². The Morgan fingerprint density at radius 2 is 1.24 bits per heavy atom. The van der Waals surface area contributed by atoms with Crippen LogP contribution in [0.3, 0.4) is 0 Å². The fourth-order valence-electron chi connectivity index (χ4n) is 8.04. The van der Waals surface area contributed by atoms with E-state index in [0.29, 0.717) is 24.1 Å². The molecule has 0 radical (unpaired) electrons. The third-order valence-corrected chi connectivity index (χ3v) is 13.1. The second-order valence-corrected chi connectivity index (χ2v) is 19.8. The van der Waals surface area contributed by atoms with Gasteiger partial charge in [0.05, 0.1) is 33.5 Å². The fraction of sp³-hybridized carbons (Fsp3) is 0.667. The second-order valence-electron chi connectivity index (χ2n) is 17.7. The minimum absolute atomic E-state index is 0.0456. The molecule has 3 aliphatic heterocycles. The molecule has 0 amide bonds. The minimum atomic E-state index is -3.38. The van der Waals surface area contributed by atoms with Crippen molar-refractivity contribution in [1.29, 1.82) is 0 Å². The number of rotatable bonds is 10. The van der Waals surface area contributed by atoms with Crippen LogP contribution in [0, 0.1) is 11.8 Å². The van der Waals surface area contributed by atoms with Gasteiger partial charge >= 0.3 is 0 Å². The van der Waals surface area contributed by atoms with Gasteiger partial charge in [0.1, 0.15) is 11.6 Å². The van der Waals surface area contributed by atoms with Crippen molar-refractivity contribution < 1.29 is 17.9 Å². The maximum Gasteiger partial charge on any atom is 0.236 e. The van der Waals surface area contributed by atoms with Crippen molar-refractivity contribution in [3.05, 3.63) is 48.0 Å². The molecule has 0 bridgehead atoms. The van der Waals surface area contributed by atoms with Gasteiger partial charge in [0.15, 0.2) is 0 Å². The summed E-state index contributed by atoms with van der Waals surface area (Å²) in [5, 5.41) is 3.20. The van der Waals surface area contributed by atoms with E-state index in [2.05, 4.69) is 79.1 Å². The number of fused-ring (bicyclic) bond motifs is 2. The molecule has 2 aromatic carbocycles. The molecule has 54 heavy (non-hydrogen) atoms. The van der Waals surface area contributed by atoms with Crippen molar-refractivity contribution in [3.63, 3.8) is 0 Å². The molecule has 4 aromatic rings. The second kappa shape index (κ2) is 16.9. The van der Waals surface area contributed by atoms with Crippen LogP contribution >= 0.6 is 0 Å². The van der Waals surface area contributed by atoms with Crippen LogP contribution < -0.4 is 9.62 Å². The molecular weight excluding hydrogens is 699 g/mol. The smallest absolute Gasteiger partial charge is 0.236 e. The summed E-state index contributed by atoms with van der Waals surface area (Å²) in [5.74, 6) is 3.65. The maximum atomic E-state index is 13.0. The van der Waals surface area contributed by atoms with E-state index in [1.165, 1.54) is 28.5 Å². The summed E-state index contributed by atoms with van der Waals surface area (Å²) in [6.07, 6.45) is 6.77. The molecule has 1 N–H and O–H groups in total. The van der Waals surface area contributed by atoms with Crippen LogP contribution in [-0.4, -0.2) is 98.3 Å². The number of imidazole rings is 2. The summed E-state index contributed by atoms with van der Waals surface area (Å²) < 4.78 is 43.2. The number of anilines is 2. The van der Waals surface area contributed by atoms with Crippen LogP contribution in [0.15, 0.2) is 36.4 Å². The van der Waals surface area contributed by atoms with E-state index >= 15 is 0 Å². The van der Waals surface area contributed by atoms with Gasteiger partial charge in [-0.2, -0.15) is 0 Å². The lowest BCUT2D eigenvalue weighted by Crippen LogP contribution is -2.34. The van der Waals surface area contributed by atoms with Gasteiger partial charge < -0.3 is 28.8 Å². The Hall–Kier alpha value is -3.19. The number of hydrogen-bond donors (Lipinski definition) is 1. The van der Waals surface area contributed by atoms with E-state index in [-0.39, 0.29) is 16.6 Å². The fourth-order valence-corrected chi connectivity index (χ4v) is 9.23. The van der Waals surface area contributed by atoms with E-state index in [0.717, 1.165) is 106 Å². The molecule has 0 aliphatic carbocycles. The third-order valence-electron chi connectivity index (χ3n) is 11.3. The van der Waals surface area contributed by atoms with Crippen molar-refractivity contribution in [2.45, 2.75) is 104 Å². The summed E-state index contributed by atoms with van der Waals surface area (Å²) in [6.45, 7) is 21.3. The quantitative estimate of drug-likeness (QED) is 0.178. The van der Waals surface area contributed by atoms with Crippen LogP contribution in [0.5, 0.6) is 0 Å². The molecule has 7 rings (SSSR count). The minimum Gasteiger partial charge on any atom is -0.388 e. The van der Waals surface area contributed by atoms with Crippen molar-refractivity contribution in [1.82, 2.24) is 24.0 Å². The lowest BCUT2D eigenvalue weighted by Gasteiger charge is -2.26. The molecule has 0 saturated carbocycles. The van der Waals surface area contributed by atoms with Crippen molar-refractivity contribution in [3.8, 4) is 0 Å². The van der Waals surface area contributed by atoms with E-state index in [4.69, 9.17) is 19.4 Å². The number of nitrogens with one attached hydrogen (secondary N) is 1. The zero-order valence-electron chi connectivity index (χ0n) is 34.2. The van der Waals surface area contributed by atoms with Gasteiger partial charge in [-0.15, -0.1) is 0 Å². The maximum absolute atomic E-state index is 13.0. The molecule has 3 saturated heterocycles. The Bertz CT molecular complexity index is 1960. The first-order valence-corrected chi connectivity index (χ1v) is 21.8. The number of sulfonamides is 1. The van der Waals surface area contributed by atoms with E-state index in [1.54, 1.807) is 7.05 Å². The molecule has 5 heterocycles. The normalized spacial score (nSPS) is 18.3. The topological polar surface area (TPSA) is 107 Å². The Morgan fingerprint density at radius 3 is 1.72 bits per heavy atom. The highest BCUT2D eigenvalue weighted by Crippen LogP contribution is 2.33. The van der Waals surface area contributed by atoms with Crippen molar-refractivity contribution >= 4 is 43.5 Å². The summed E-state index contributed by atoms with van der Waals surface area (Å²) in [7, 11) is 0.226. The summed E-state index contributed by atoms with van der Waals surface area (Å²) in [6, 6.07) is 12.4. The number of hydrogen-bond acceptors (Lipinski definition) is 8. The Morgan fingerprint density at radius 1 is 0.759 bits per heavy atom. The standard InChI is InChI=1S/C24H38N4O3S.C18H27N3O/c1-24(2,3)23-25-21-17-20(26(4)32(29,30)16-13-27-11-5-6-12-27)7-8-22(21)28(23)18-19-9-14-31-15-10-19;1-18(2,3)17-20-15-11-14(19-4)5-6-16(15)21(17)12-13-7-9-22-10-8-13/h7-8,17,19H,5-6,9-16,18H2,1-4H3;5-6,11,13,19H,7-10,12H2,1-4H3. The Balaban J connectivity index is 0.000000197. The average Bonchev–Trinajstić information content (AvgIpc) is 3.89. The molecule has 3 fully saturated rings. The number of ether oxygens (including phenoxy) is 2. The van der Waals surface area contributed by atoms with Crippen LogP contribution in [0.2, 0.25) is 0 Å². The molecule has 3 aliphatic rings. The van der Waals surface area contributed by atoms with Gasteiger partial charge in [-0.25, -0.2) is 18.4 Å². The first kappa shape index (κ1) is 40.5. The first-order valence-electron chi connectivity index (χ1n) is 20.2. The molecule has 0 spiro atoms. The molecule has 11 nitrogen and oxygen atoms in total. The molecule has 0 atom stereocenters. The highest BCUT2D eigenvalue weighted by Gasteiger charge is 2.28. The largest absolute Gasteiger partial charge is 0.388 e. The van der Waals surface area contributed by atoms with E-state index in [1.807, 2.05) is 25.2 Å². The van der Waals surface area contributed by atoms with Gasteiger partial charge in [-0.3, -0.25) is 4.31 Å². The molecule has 298 valence electrons. The van der Waals surface area contributed by atoms with Gasteiger partial charge in [0.2, 0.25) is 10.0 Å². The monoisotopic (exact) mass is 763 g/mol. The molecule has 2 aromatic heterocycles. The van der Waals surface area contributed by atoms with Crippen LogP contribution in [0.4, 0.5) is 11.4 Å². The lowest BCUT2D eigenvalue weighted by molar-refractivity contribution is 0.0610. The first-order chi connectivity index (χ1) is 25.6. The summed E-state index contributed by atoms with van der Waals surface area (Å²) in [5.41, 5.74) is 6.01. The van der Waals surface area contributed by atoms with Crippen molar-refractivity contribution in [2.75, 3.05) is 75.5 Å². The van der Waals surface area contributed by atoms with Gasteiger partial charge in [-0.05, 0) is 99.8 Å². The lowest BCUT2D eigenvalue weighted by atomic mass is 9.94. The Kier molecular flexibility index (Phi) is 12.7. The number of benzene rings is 2. The van der Waals surface area contributed by atoms with Crippen LogP contribution in [-0.2, 0) is 43.4 Å². The van der Waals surface area contributed by atoms with E-state index in [9.17, 15) is 8.42 Å². The van der Waals surface area contributed by atoms with Crippen molar-refractivity contribution in [2.24, 2.45) is 11.8 Å². The number of likely N-dealkylation sites (tertiary alicyclic amines) is 1. The average molecular weight is 764 g/mol. The van der Waals surface area contributed by atoms with Gasteiger partial charge in [0.25, 0.3) is 0 Å². The predicted octanol–water partition coefficient (Wildman–Crippen LogP) is 7.42. The van der Waals surface area contributed by atoms with Gasteiger partial charge in [0, 0.05) is 76.7 Å². The van der Waals surface area contributed by atoms with Crippen LogP contribution in [0.25, 0.3) is 22.1 Å².